The average molecular weight is 1020 g/mol. The number of nitrogens with two attached hydrogens (primary N) is 1. The molecule has 0 spiro atoms. The SMILES string of the molecule is Cc1ncsc1-c1ccc(CNC(=O)[C@@H]2CCCN2C(=O)[C@@H](NC(=O)CCOCCOCCC(=O)NCCOc2cc([C@@H](O)[C@H]3O[C@@H](n4ccc5c(N)ncnc54)[C@H](O)[C@@H]3O)ccc2Cl)C(C)(C)C)cc1. The fourth-order valence-corrected chi connectivity index (χ4v) is 9.46. The lowest BCUT2D eigenvalue weighted by Crippen LogP contribution is -2.57. The number of carbonyl (C=O) groups is 4. The van der Waals surface area contributed by atoms with Gasteiger partial charge in [0, 0.05) is 32.1 Å². The molecule has 2 aliphatic rings. The molecule has 20 nitrogen and oxygen atoms in total. The summed E-state index contributed by atoms with van der Waals surface area (Å²) in [5.41, 5.74) is 10.8. The minimum Gasteiger partial charge on any atom is -0.490 e. The molecule has 2 saturated heterocycles. The van der Waals surface area contributed by atoms with Crippen LogP contribution in [-0.2, 0) is 39.9 Å². The number of hydrogen-bond acceptors (Lipinski definition) is 16. The highest BCUT2D eigenvalue weighted by atomic mass is 35.5. The van der Waals surface area contributed by atoms with E-state index < -0.39 is 48.1 Å². The first-order chi connectivity index (χ1) is 34.0. The number of nitrogens with one attached hydrogen (secondary N) is 3. The zero-order valence-electron chi connectivity index (χ0n) is 40.1. The molecule has 7 atom stereocenters. The van der Waals surface area contributed by atoms with Crippen molar-refractivity contribution in [1.29, 1.82) is 0 Å². The number of rotatable bonds is 22. The molecule has 4 amide bonds. The number of halogens is 1. The molecular formula is C49H62ClN9O11S. The van der Waals surface area contributed by atoms with Gasteiger partial charge in [0.1, 0.15) is 66.6 Å². The van der Waals surface area contributed by atoms with Crippen LogP contribution in [0.5, 0.6) is 5.75 Å². The number of aliphatic hydroxyl groups is 3. The van der Waals surface area contributed by atoms with Crippen LogP contribution in [0.4, 0.5) is 5.82 Å². The van der Waals surface area contributed by atoms with Gasteiger partial charge in [-0.2, -0.15) is 0 Å². The van der Waals surface area contributed by atoms with Crippen molar-refractivity contribution in [2.24, 2.45) is 5.41 Å². The number of carbonyl (C=O) groups excluding carboxylic acids is 4. The molecule has 0 aliphatic carbocycles. The number of thiazole rings is 1. The molecule has 3 aromatic heterocycles. The maximum absolute atomic E-state index is 13.9. The molecule has 7 rings (SSSR count). The topological polar surface area (TPSA) is 275 Å². The summed E-state index contributed by atoms with van der Waals surface area (Å²) in [6.45, 7) is 9.10. The van der Waals surface area contributed by atoms with E-state index in [9.17, 15) is 34.5 Å². The van der Waals surface area contributed by atoms with Crippen LogP contribution < -0.4 is 26.4 Å². The van der Waals surface area contributed by atoms with Gasteiger partial charge >= 0.3 is 0 Å². The lowest BCUT2D eigenvalue weighted by Gasteiger charge is -2.35. The molecule has 2 aliphatic heterocycles. The van der Waals surface area contributed by atoms with Gasteiger partial charge in [0.2, 0.25) is 23.6 Å². The van der Waals surface area contributed by atoms with Gasteiger partial charge in [0.15, 0.2) is 6.23 Å². The quantitative estimate of drug-likeness (QED) is 0.0488. The largest absolute Gasteiger partial charge is 0.490 e. The highest BCUT2D eigenvalue weighted by Crippen LogP contribution is 2.39. The Bertz CT molecular complexity index is 2630. The summed E-state index contributed by atoms with van der Waals surface area (Å²) in [6.07, 6.45) is -2.34. The van der Waals surface area contributed by atoms with E-state index in [2.05, 4.69) is 30.9 Å². The zero-order valence-corrected chi connectivity index (χ0v) is 41.7. The first kappa shape index (κ1) is 53.0. The van der Waals surface area contributed by atoms with Crippen LogP contribution in [0.15, 0.2) is 66.6 Å². The highest BCUT2D eigenvalue weighted by molar-refractivity contribution is 7.13. The number of benzene rings is 2. The van der Waals surface area contributed by atoms with Crippen LogP contribution in [0.3, 0.4) is 0 Å². The van der Waals surface area contributed by atoms with Crippen molar-refractivity contribution in [3.63, 3.8) is 0 Å². The molecule has 5 heterocycles. The third-order valence-electron chi connectivity index (χ3n) is 12.4. The maximum atomic E-state index is 13.9. The normalized spacial score (nSPS) is 19.9. The molecular weight excluding hydrogens is 958 g/mol. The van der Waals surface area contributed by atoms with Crippen molar-refractivity contribution in [3.8, 4) is 16.2 Å². The predicted octanol–water partition coefficient (Wildman–Crippen LogP) is 3.60. The van der Waals surface area contributed by atoms with E-state index in [1.165, 1.54) is 23.0 Å². The van der Waals surface area contributed by atoms with E-state index in [1.807, 2.05) is 57.5 Å². The average Bonchev–Trinajstić information content (AvgIpc) is 4.17. The third-order valence-corrected chi connectivity index (χ3v) is 13.7. The van der Waals surface area contributed by atoms with Crippen molar-refractivity contribution < 1.29 is 53.4 Å². The standard InChI is InChI=1S/C49H62ClN9O11S/c1-28-42(71-27-56-28)30-9-7-29(8-10-30)25-53-46(65)34-6-5-17-58(34)47(66)43(49(2,3)4)57-37(61)15-20-68-23-22-67-19-14-36(60)52-16-21-69-35-24-31(11-12-33(35)50)38(62)41-39(63)40(64)48(70-41)59-18-13-32-44(51)54-26-55-45(32)59/h7-13,18,24,26-27,34,38-41,43,48,62-64H,5-6,14-17,19-23,25H2,1-4H3,(H,52,60)(H,53,65)(H,57,61)(H2,51,54,55)/t34-,38+,39-,40+,41+,43+,48+/m0/s1. The third kappa shape index (κ3) is 13.2. The number of amides is 4. The van der Waals surface area contributed by atoms with E-state index in [1.54, 1.807) is 34.6 Å². The number of aryl methyl sites for hydroxylation is 1. The molecule has 0 unspecified atom stereocenters. The Labute approximate surface area is 420 Å². The van der Waals surface area contributed by atoms with E-state index in [-0.39, 0.29) is 92.6 Å². The number of likely N-dealkylation sites (tertiary alicyclic amines) is 1. The van der Waals surface area contributed by atoms with E-state index in [4.69, 9.17) is 36.3 Å². The molecule has 0 saturated carbocycles. The summed E-state index contributed by atoms with van der Waals surface area (Å²) in [4.78, 5) is 68.0. The number of nitrogen functional groups attached to an aromatic ring is 1. The van der Waals surface area contributed by atoms with E-state index >= 15 is 0 Å². The minimum atomic E-state index is -1.46. The van der Waals surface area contributed by atoms with Crippen molar-refractivity contribution in [2.75, 3.05) is 51.9 Å². The molecule has 8 N–H and O–H groups in total. The Balaban J connectivity index is 0.756. The van der Waals surface area contributed by atoms with Crippen molar-refractivity contribution >= 4 is 63.4 Å². The van der Waals surface area contributed by atoms with Crippen molar-refractivity contribution in [1.82, 2.24) is 40.4 Å². The van der Waals surface area contributed by atoms with Gasteiger partial charge in [0.25, 0.3) is 0 Å². The van der Waals surface area contributed by atoms with Gasteiger partial charge in [0.05, 0.1) is 59.5 Å². The Morgan fingerprint density at radius 2 is 1.68 bits per heavy atom. The second-order valence-electron chi connectivity index (χ2n) is 18.5. The van der Waals surface area contributed by atoms with Crippen molar-refractivity contribution in [2.45, 2.75) is 103 Å². The Hall–Kier alpha value is -5.78. The molecule has 71 heavy (non-hydrogen) atoms. The number of aromatic nitrogens is 4. The highest BCUT2D eigenvalue weighted by Gasteiger charge is 2.48. The van der Waals surface area contributed by atoms with Gasteiger partial charge in [-0.15, -0.1) is 11.3 Å². The smallest absolute Gasteiger partial charge is 0.246 e. The molecule has 0 radical (unpaired) electrons. The molecule has 2 fully saturated rings. The second-order valence-corrected chi connectivity index (χ2v) is 19.7. The lowest BCUT2D eigenvalue weighted by atomic mass is 9.85. The fourth-order valence-electron chi connectivity index (χ4n) is 8.48. The summed E-state index contributed by atoms with van der Waals surface area (Å²) < 4.78 is 24.4. The number of ether oxygens (including phenoxy) is 4. The summed E-state index contributed by atoms with van der Waals surface area (Å²) in [5, 5.41) is 42.4. The summed E-state index contributed by atoms with van der Waals surface area (Å²) in [7, 11) is 0. The number of hydrogen-bond donors (Lipinski definition) is 7. The van der Waals surface area contributed by atoms with Gasteiger partial charge in [-0.3, -0.25) is 19.2 Å². The molecule has 2 aromatic carbocycles. The number of nitrogens with zero attached hydrogens (tertiary/aromatic N) is 5. The zero-order chi connectivity index (χ0) is 50.8. The first-order valence-corrected chi connectivity index (χ1v) is 24.8. The van der Waals surface area contributed by atoms with E-state index in [0.29, 0.717) is 42.5 Å². The summed E-state index contributed by atoms with van der Waals surface area (Å²) >= 11 is 7.95. The van der Waals surface area contributed by atoms with Gasteiger partial charge in [-0.1, -0.05) is 62.7 Å². The van der Waals surface area contributed by atoms with Gasteiger partial charge in [-0.05, 0) is 60.1 Å². The van der Waals surface area contributed by atoms with Gasteiger partial charge in [-0.25, -0.2) is 15.0 Å². The predicted molar refractivity (Wildman–Crippen MR) is 264 cm³/mol. The van der Waals surface area contributed by atoms with Crippen molar-refractivity contribution in [3.05, 3.63) is 88.4 Å². The van der Waals surface area contributed by atoms with Crippen LogP contribution in [0.2, 0.25) is 5.02 Å². The molecule has 5 aromatic rings. The number of anilines is 1. The lowest BCUT2D eigenvalue weighted by molar-refractivity contribution is -0.144. The Morgan fingerprint density at radius 3 is 2.38 bits per heavy atom. The van der Waals surface area contributed by atoms with Crippen LogP contribution in [0.1, 0.15) is 75.6 Å². The molecule has 0 bridgehead atoms. The van der Waals surface area contributed by atoms with E-state index in [0.717, 1.165) is 21.7 Å². The number of aliphatic hydroxyl groups excluding tert-OH is 3. The fraction of sp³-hybridized carbons (Fsp3) is 0.490. The van der Waals surface area contributed by atoms with Gasteiger partial charge < -0.3 is 65.4 Å². The van der Waals surface area contributed by atoms with Crippen LogP contribution in [0.25, 0.3) is 21.5 Å². The summed E-state index contributed by atoms with van der Waals surface area (Å²) in [6, 6.07) is 12.7. The van der Waals surface area contributed by atoms with Crippen LogP contribution >= 0.6 is 22.9 Å². The maximum Gasteiger partial charge on any atom is 0.246 e. The Kier molecular flexibility index (Phi) is 18.0. The first-order valence-electron chi connectivity index (χ1n) is 23.5. The minimum absolute atomic E-state index is 0.00797. The second kappa shape index (κ2) is 24.1. The molecule has 382 valence electrons. The van der Waals surface area contributed by atoms with Crippen LogP contribution in [-0.4, -0.2) is 140 Å². The summed E-state index contributed by atoms with van der Waals surface area (Å²) in [5.74, 6) is -0.697. The molecule has 22 heteroatoms. The number of fused-ring (bicyclic) bond motifs is 1. The monoisotopic (exact) mass is 1020 g/mol. The Morgan fingerprint density at radius 1 is 0.944 bits per heavy atom. The van der Waals surface area contributed by atoms with Crippen LogP contribution in [0, 0.1) is 12.3 Å².